The number of halogens is 1. The molecule has 13 heteroatoms. The first kappa shape index (κ1) is 24.9. The predicted molar refractivity (Wildman–Crippen MR) is 122 cm³/mol. The van der Waals surface area contributed by atoms with Crippen LogP contribution < -0.4 is 11.2 Å². The smallest absolute Gasteiger partial charge is 0.434 e. The van der Waals surface area contributed by atoms with Crippen molar-refractivity contribution in [2.24, 2.45) is 0 Å². The minimum absolute atomic E-state index is 0.0573. The number of hydrogen-bond donors (Lipinski definition) is 2. The van der Waals surface area contributed by atoms with E-state index in [1.54, 1.807) is 19.1 Å². The molecule has 0 amide bonds. The molecular formula is C20H22IN3O9. The van der Waals surface area contributed by atoms with Crippen LogP contribution in [0.15, 0.2) is 34.0 Å². The largest absolute Gasteiger partial charge is 0.508 e. The molecule has 4 atom stereocenters. The van der Waals surface area contributed by atoms with Crippen molar-refractivity contribution in [2.45, 2.75) is 44.6 Å². The Bertz CT molecular complexity index is 1160. The number of rotatable bonds is 7. The molecule has 1 aromatic carbocycles. The van der Waals surface area contributed by atoms with Crippen LogP contribution in [-0.2, 0) is 14.2 Å². The zero-order valence-corrected chi connectivity index (χ0v) is 19.9. The molecule has 12 nitrogen and oxygen atoms in total. The molecule has 1 aromatic heterocycles. The van der Waals surface area contributed by atoms with E-state index in [0.717, 1.165) is 8.14 Å². The topological polar surface area (TPSA) is 163 Å². The van der Waals surface area contributed by atoms with E-state index in [0.29, 0.717) is 11.1 Å². The van der Waals surface area contributed by atoms with Gasteiger partial charge in [0, 0.05) is 39.3 Å². The lowest BCUT2D eigenvalue weighted by Crippen LogP contribution is -2.33. The number of aliphatic hydroxyl groups excluding tert-OH is 1. The van der Waals surface area contributed by atoms with Crippen LogP contribution in [-0.4, -0.2) is 51.2 Å². The molecule has 0 aliphatic carbocycles. The van der Waals surface area contributed by atoms with Crippen molar-refractivity contribution in [3.63, 3.8) is 0 Å². The highest BCUT2D eigenvalue weighted by atomic mass is 127. The molecule has 0 bridgehead atoms. The molecule has 178 valence electrons. The summed E-state index contributed by atoms with van der Waals surface area (Å²) in [6.07, 6.45) is -2.39. The Balaban J connectivity index is 1.54. The summed E-state index contributed by atoms with van der Waals surface area (Å²) < 4.78 is 17.7. The van der Waals surface area contributed by atoms with Crippen molar-refractivity contribution in [1.29, 1.82) is 0 Å². The first-order valence-corrected chi connectivity index (χ1v) is 11.0. The highest BCUT2D eigenvalue weighted by Gasteiger charge is 2.36. The first-order chi connectivity index (χ1) is 15.6. The van der Waals surface area contributed by atoms with Crippen LogP contribution in [0.5, 0.6) is 0 Å². The normalized spacial score (nSPS) is 20.9. The summed E-state index contributed by atoms with van der Waals surface area (Å²) >= 11 is 2.04. The molecule has 1 aliphatic heterocycles. The predicted octanol–water partition coefficient (Wildman–Crippen LogP) is 1.96. The summed E-state index contributed by atoms with van der Waals surface area (Å²) in [5.41, 5.74) is -0.525. The van der Waals surface area contributed by atoms with Gasteiger partial charge in [-0.2, -0.15) is 0 Å². The molecule has 3 rings (SSSR count). The Morgan fingerprint density at radius 1 is 1.42 bits per heavy atom. The van der Waals surface area contributed by atoms with Gasteiger partial charge in [-0.15, -0.1) is 0 Å². The minimum Gasteiger partial charge on any atom is -0.434 e. The third kappa shape index (κ3) is 5.97. The second-order valence-corrected chi connectivity index (χ2v) is 8.89. The number of nitro groups is 1. The van der Waals surface area contributed by atoms with Gasteiger partial charge in [0.2, 0.25) is 0 Å². The number of aryl methyl sites for hydroxylation is 1. The number of nitro benzene ring substituents is 1. The van der Waals surface area contributed by atoms with E-state index in [-0.39, 0.29) is 25.3 Å². The number of aromatic amines is 1. The fourth-order valence-corrected chi connectivity index (χ4v) is 3.91. The van der Waals surface area contributed by atoms with Gasteiger partial charge < -0.3 is 19.3 Å². The van der Waals surface area contributed by atoms with Crippen molar-refractivity contribution in [2.75, 3.05) is 13.2 Å². The number of aliphatic hydroxyl groups is 1. The summed E-state index contributed by atoms with van der Waals surface area (Å²) in [5.74, 6) is -0.458. The quantitative estimate of drug-likeness (QED) is 0.218. The number of ether oxygens (including phenoxy) is 3. The molecule has 0 radical (unpaired) electrons. The molecule has 1 fully saturated rings. The van der Waals surface area contributed by atoms with E-state index in [4.69, 9.17) is 14.2 Å². The number of nitrogens with zero attached hydrogens (tertiary/aromatic N) is 2. The Hall–Kier alpha value is -2.78. The van der Waals surface area contributed by atoms with Crippen LogP contribution in [0.2, 0.25) is 0 Å². The summed E-state index contributed by atoms with van der Waals surface area (Å²) in [4.78, 5) is 48.4. The number of nitrogens with one attached hydrogen (secondary N) is 1. The van der Waals surface area contributed by atoms with Crippen molar-refractivity contribution < 1.29 is 29.0 Å². The van der Waals surface area contributed by atoms with E-state index >= 15 is 0 Å². The SMILES string of the molecule is Cc1cn([C@H]2C[C@H](O)[C@@H](COC(=O)OCC(C)c3cc(I)ccc3[N+](=O)[O-])O2)c(=O)[nH]c1=O. The Morgan fingerprint density at radius 3 is 2.85 bits per heavy atom. The van der Waals surface area contributed by atoms with Gasteiger partial charge in [0.15, 0.2) is 0 Å². The van der Waals surface area contributed by atoms with E-state index in [2.05, 4.69) is 4.98 Å². The molecule has 2 aromatic rings. The summed E-state index contributed by atoms with van der Waals surface area (Å²) in [5, 5.41) is 21.5. The number of hydrogen-bond acceptors (Lipinski definition) is 9. The maximum absolute atomic E-state index is 12.0. The molecule has 0 spiro atoms. The summed E-state index contributed by atoms with van der Waals surface area (Å²) in [6.45, 7) is 2.74. The molecule has 1 aliphatic rings. The highest BCUT2D eigenvalue weighted by molar-refractivity contribution is 14.1. The van der Waals surface area contributed by atoms with Gasteiger partial charge in [-0.25, -0.2) is 9.59 Å². The Kier molecular flexibility index (Phi) is 7.86. The molecular weight excluding hydrogens is 553 g/mol. The second kappa shape index (κ2) is 10.4. The van der Waals surface area contributed by atoms with Crippen LogP contribution in [0.3, 0.4) is 0 Å². The standard InChI is InChI=1S/C20H22IN3O9/c1-10-7-23(19(27)22-18(10)26)17-6-15(25)16(33-17)9-32-20(28)31-8-11(2)13-5-12(21)3-4-14(13)24(29)30/h3-5,7,11,15-17,25H,6,8-9H2,1-2H3,(H,22,26,27)/t11?,15-,16+,17+/m0/s1. The number of carbonyl (C=O) groups is 1. The minimum atomic E-state index is -1.02. The third-order valence-corrected chi connectivity index (χ3v) is 5.87. The average molecular weight is 575 g/mol. The average Bonchev–Trinajstić information content (AvgIpc) is 3.12. The van der Waals surface area contributed by atoms with Crippen molar-refractivity contribution >= 4 is 34.4 Å². The van der Waals surface area contributed by atoms with Crippen LogP contribution in [0.1, 0.15) is 36.6 Å². The maximum Gasteiger partial charge on any atom is 0.508 e. The van der Waals surface area contributed by atoms with Crippen LogP contribution in [0.25, 0.3) is 0 Å². The molecule has 1 unspecified atom stereocenters. The summed E-state index contributed by atoms with van der Waals surface area (Å²) in [7, 11) is 0. The zero-order chi connectivity index (χ0) is 24.3. The summed E-state index contributed by atoms with van der Waals surface area (Å²) in [6, 6.07) is 4.67. The van der Waals surface area contributed by atoms with Gasteiger partial charge in [-0.05, 0) is 41.6 Å². The van der Waals surface area contributed by atoms with Gasteiger partial charge in [0.1, 0.15) is 25.5 Å². The molecule has 2 N–H and O–H groups in total. The fraction of sp³-hybridized carbons (Fsp3) is 0.450. The Labute approximate surface area is 200 Å². The van der Waals surface area contributed by atoms with Crippen LogP contribution >= 0.6 is 22.6 Å². The van der Waals surface area contributed by atoms with Crippen molar-refractivity contribution in [1.82, 2.24) is 9.55 Å². The van der Waals surface area contributed by atoms with E-state index < -0.39 is 46.7 Å². The highest BCUT2D eigenvalue weighted by Crippen LogP contribution is 2.29. The molecule has 1 saturated heterocycles. The fourth-order valence-electron chi connectivity index (χ4n) is 3.40. The molecule has 33 heavy (non-hydrogen) atoms. The van der Waals surface area contributed by atoms with Crippen LogP contribution in [0.4, 0.5) is 10.5 Å². The molecule has 2 heterocycles. The van der Waals surface area contributed by atoms with Crippen LogP contribution in [0, 0.1) is 20.6 Å². The van der Waals surface area contributed by atoms with Crippen molar-refractivity contribution in [3.8, 4) is 0 Å². The van der Waals surface area contributed by atoms with Crippen molar-refractivity contribution in [3.05, 3.63) is 70.0 Å². The lowest BCUT2D eigenvalue weighted by atomic mass is 10.0. The molecule has 0 saturated carbocycles. The van der Waals surface area contributed by atoms with E-state index in [1.165, 1.54) is 19.2 Å². The maximum atomic E-state index is 12.0. The van der Waals surface area contributed by atoms with E-state index in [1.807, 2.05) is 22.6 Å². The number of benzene rings is 1. The van der Waals surface area contributed by atoms with Gasteiger partial charge in [-0.3, -0.25) is 24.5 Å². The van der Waals surface area contributed by atoms with E-state index in [9.17, 15) is 29.6 Å². The Morgan fingerprint density at radius 2 is 2.15 bits per heavy atom. The van der Waals surface area contributed by atoms with Gasteiger partial charge in [0.25, 0.3) is 11.2 Å². The van der Waals surface area contributed by atoms with Gasteiger partial charge in [0.05, 0.1) is 11.0 Å². The second-order valence-electron chi connectivity index (χ2n) is 7.64. The third-order valence-electron chi connectivity index (χ3n) is 5.19. The number of H-pyrrole nitrogens is 1. The number of carbonyl (C=O) groups excluding carboxylic acids is 1. The zero-order valence-electron chi connectivity index (χ0n) is 17.7. The first-order valence-electron chi connectivity index (χ1n) is 9.95. The monoisotopic (exact) mass is 575 g/mol. The lowest BCUT2D eigenvalue weighted by molar-refractivity contribution is -0.385. The van der Waals surface area contributed by atoms with Gasteiger partial charge in [-0.1, -0.05) is 6.92 Å². The van der Waals surface area contributed by atoms with Gasteiger partial charge >= 0.3 is 11.8 Å². The number of aromatic nitrogens is 2. The lowest BCUT2D eigenvalue weighted by Gasteiger charge is -2.17.